The highest BCUT2D eigenvalue weighted by Crippen LogP contribution is 2.29. The van der Waals surface area contributed by atoms with E-state index in [0.717, 1.165) is 16.4 Å². The van der Waals surface area contributed by atoms with Crippen LogP contribution in [0.25, 0.3) is 22.2 Å². The summed E-state index contributed by atoms with van der Waals surface area (Å²) in [5, 5.41) is 29.0. The van der Waals surface area contributed by atoms with E-state index in [1.165, 1.54) is 6.07 Å². The highest BCUT2D eigenvalue weighted by molar-refractivity contribution is 6.06. The van der Waals surface area contributed by atoms with Crippen LogP contribution in [0.2, 0.25) is 0 Å². The molecule has 22 heavy (non-hydrogen) atoms. The molecule has 0 unspecified atom stereocenters. The second-order valence-electron chi connectivity index (χ2n) is 4.77. The van der Waals surface area contributed by atoms with Crippen molar-refractivity contribution in [3.63, 3.8) is 0 Å². The van der Waals surface area contributed by atoms with Crippen LogP contribution in [0.4, 0.5) is 0 Å². The van der Waals surface area contributed by atoms with Gasteiger partial charge in [-0.3, -0.25) is 0 Å². The Hall–Kier alpha value is -3.28. The summed E-state index contributed by atoms with van der Waals surface area (Å²) in [5.41, 5.74) is 0.740. The Labute approximate surface area is 124 Å². The summed E-state index contributed by atoms with van der Waals surface area (Å²) in [4.78, 5) is 22.4. The van der Waals surface area contributed by atoms with Crippen molar-refractivity contribution in [3.8, 4) is 11.3 Å². The van der Waals surface area contributed by atoms with Crippen molar-refractivity contribution in [2.75, 3.05) is 0 Å². The molecule has 0 saturated carbocycles. The molecule has 1 aromatic heterocycles. The number of carbonyl (C=O) groups is 2. The van der Waals surface area contributed by atoms with E-state index in [-0.39, 0.29) is 16.6 Å². The Morgan fingerprint density at radius 2 is 1.45 bits per heavy atom. The van der Waals surface area contributed by atoms with Crippen LogP contribution in [0.15, 0.2) is 48.5 Å². The molecule has 2 aromatic carbocycles. The number of carboxylic acids is 2. The van der Waals surface area contributed by atoms with Crippen LogP contribution >= 0.6 is 0 Å². The fourth-order valence-corrected chi connectivity index (χ4v) is 2.41. The Kier molecular flexibility index (Phi) is 3.06. The zero-order chi connectivity index (χ0) is 15.9. The topological polar surface area (TPSA) is 99.8 Å². The lowest BCUT2D eigenvalue weighted by atomic mass is 10.0. The molecule has 0 aliphatic rings. The fourth-order valence-electron chi connectivity index (χ4n) is 2.41. The molecule has 0 fully saturated rings. The molecule has 3 N–H and O–H groups in total. The van der Waals surface area contributed by atoms with Gasteiger partial charge in [0.2, 0.25) is 0 Å². The fraction of sp³-hybridized carbons (Fsp3) is 0. The quantitative estimate of drug-likeness (QED) is 0.645. The molecule has 6 nitrogen and oxygen atoms in total. The van der Waals surface area contributed by atoms with Gasteiger partial charge in [0.15, 0.2) is 0 Å². The van der Waals surface area contributed by atoms with Gasteiger partial charge in [-0.25, -0.2) is 9.59 Å². The van der Waals surface area contributed by atoms with Crippen LogP contribution in [0.5, 0.6) is 0 Å². The van der Waals surface area contributed by atoms with Crippen molar-refractivity contribution in [2.24, 2.45) is 0 Å². The molecule has 0 amide bonds. The molecule has 3 aromatic rings. The summed E-state index contributed by atoms with van der Waals surface area (Å²) in [6.45, 7) is 0. The zero-order valence-electron chi connectivity index (χ0n) is 11.2. The number of aromatic nitrogens is 1. The van der Waals surface area contributed by atoms with E-state index in [1.54, 1.807) is 30.3 Å². The third kappa shape index (κ3) is 2.07. The summed E-state index contributed by atoms with van der Waals surface area (Å²) in [7, 11) is 0. The minimum atomic E-state index is -1.36. The molecule has 1 heterocycles. The largest absolute Gasteiger partial charge is 0.478 e. The predicted molar refractivity (Wildman–Crippen MR) is 78.5 cm³/mol. The lowest BCUT2D eigenvalue weighted by molar-refractivity contribution is 0.0651. The van der Waals surface area contributed by atoms with Gasteiger partial charge in [-0.15, -0.1) is 0 Å². The van der Waals surface area contributed by atoms with Gasteiger partial charge in [-0.1, -0.05) is 30.3 Å². The Morgan fingerprint density at radius 3 is 2.05 bits per heavy atom. The molecule has 0 bridgehead atoms. The van der Waals surface area contributed by atoms with Gasteiger partial charge in [0, 0.05) is 10.9 Å². The monoisotopic (exact) mass is 297 g/mol. The summed E-state index contributed by atoms with van der Waals surface area (Å²) in [6.07, 6.45) is 0. The van der Waals surface area contributed by atoms with Gasteiger partial charge in [-0.2, -0.15) is 4.73 Å². The van der Waals surface area contributed by atoms with E-state index in [4.69, 9.17) is 10.2 Å². The van der Waals surface area contributed by atoms with Crippen molar-refractivity contribution in [2.45, 2.75) is 0 Å². The highest BCUT2D eigenvalue weighted by Gasteiger charge is 2.20. The van der Waals surface area contributed by atoms with Gasteiger partial charge in [0.1, 0.15) is 0 Å². The first-order chi connectivity index (χ1) is 10.5. The molecule has 3 rings (SSSR count). The van der Waals surface area contributed by atoms with Gasteiger partial charge in [0.05, 0.1) is 22.3 Å². The van der Waals surface area contributed by atoms with E-state index in [9.17, 15) is 14.8 Å². The minimum absolute atomic E-state index is 0.237. The number of nitrogens with zero attached hydrogens (tertiary/aromatic N) is 1. The van der Waals surface area contributed by atoms with Crippen molar-refractivity contribution < 1.29 is 25.0 Å². The smallest absolute Gasteiger partial charge is 0.336 e. The van der Waals surface area contributed by atoms with Crippen molar-refractivity contribution in [3.05, 3.63) is 59.7 Å². The van der Waals surface area contributed by atoms with Gasteiger partial charge >= 0.3 is 11.9 Å². The lowest BCUT2D eigenvalue weighted by Gasteiger charge is -2.04. The van der Waals surface area contributed by atoms with Crippen LogP contribution in [-0.4, -0.2) is 32.1 Å². The second-order valence-corrected chi connectivity index (χ2v) is 4.77. The Bertz CT molecular complexity index is 896. The molecular weight excluding hydrogens is 286 g/mol. The van der Waals surface area contributed by atoms with E-state index >= 15 is 0 Å². The minimum Gasteiger partial charge on any atom is -0.478 e. The van der Waals surface area contributed by atoms with E-state index in [2.05, 4.69) is 0 Å². The molecule has 0 radical (unpaired) electrons. The zero-order valence-corrected chi connectivity index (χ0v) is 11.2. The first kappa shape index (κ1) is 13.7. The number of benzene rings is 2. The van der Waals surface area contributed by atoms with Crippen LogP contribution < -0.4 is 0 Å². The Morgan fingerprint density at radius 1 is 0.864 bits per heavy atom. The number of carboxylic acid groups (broad SMARTS) is 2. The van der Waals surface area contributed by atoms with Gasteiger partial charge < -0.3 is 15.4 Å². The third-order valence-corrected chi connectivity index (χ3v) is 3.45. The molecule has 0 spiro atoms. The average Bonchev–Trinajstić information content (AvgIpc) is 2.83. The Balaban J connectivity index is 2.31. The van der Waals surface area contributed by atoms with Crippen LogP contribution in [0, 0.1) is 0 Å². The van der Waals surface area contributed by atoms with E-state index in [0.29, 0.717) is 11.1 Å². The summed E-state index contributed by atoms with van der Waals surface area (Å²) >= 11 is 0. The first-order valence-corrected chi connectivity index (χ1v) is 6.40. The molecule has 6 heteroatoms. The predicted octanol–water partition coefficient (Wildman–Crippen LogP) is 2.94. The van der Waals surface area contributed by atoms with Crippen LogP contribution in [0.1, 0.15) is 20.7 Å². The van der Waals surface area contributed by atoms with E-state index < -0.39 is 11.9 Å². The van der Waals surface area contributed by atoms with Gasteiger partial charge in [0.25, 0.3) is 0 Å². The van der Waals surface area contributed by atoms with E-state index in [1.807, 2.05) is 6.07 Å². The lowest BCUT2D eigenvalue weighted by Crippen LogP contribution is -2.08. The highest BCUT2D eigenvalue weighted by atomic mass is 16.5. The first-order valence-electron chi connectivity index (χ1n) is 6.40. The number of aromatic carboxylic acids is 2. The van der Waals surface area contributed by atoms with Crippen molar-refractivity contribution in [1.29, 1.82) is 0 Å². The normalized spacial score (nSPS) is 10.7. The molecule has 0 atom stereocenters. The van der Waals surface area contributed by atoms with Crippen LogP contribution in [-0.2, 0) is 0 Å². The number of hydrogen-bond acceptors (Lipinski definition) is 3. The van der Waals surface area contributed by atoms with Crippen molar-refractivity contribution in [1.82, 2.24) is 4.73 Å². The van der Waals surface area contributed by atoms with Gasteiger partial charge in [-0.05, 0) is 18.2 Å². The third-order valence-electron chi connectivity index (χ3n) is 3.45. The number of fused-ring (bicyclic) bond motifs is 1. The second kappa shape index (κ2) is 4.92. The SMILES string of the molecule is O=C(O)c1cc2cc(-c3ccccc3)n(O)c2cc1C(=O)O. The summed E-state index contributed by atoms with van der Waals surface area (Å²) in [6, 6.07) is 13.0. The molecule has 0 aliphatic heterocycles. The maximum atomic E-state index is 11.2. The molecule has 0 saturated heterocycles. The standard InChI is InChI=1S/C16H11NO5/c18-15(19)11-6-10-7-13(9-4-2-1-3-5-9)17(22)14(10)8-12(11)16(20)21/h1-8,22H,(H,18,19)(H,20,21). The summed E-state index contributed by atoms with van der Waals surface area (Å²) < 4.78 is 0.864. The summed E-state index contributed by atoms with van der Waals surface area (Å²) in [5.74, 6) is -2.69. The maximum absolute atomic E-state index is 11.2. The van der Waals surface area contributed by atoms with Crippen molar-refractivity contribution >= 4 is 22.8 Å². The average molecular weight is 297 g/mol. The molecule has 0 aliphatic carbocycles. The maximum Gasteiger partial charge on any atom is 0.336 e. The van der Waals surface area contributed by atoms with Crippen LogP contribution in [0.3, 0.4) is 0 Å². The molecule has 110 valence electrons. The number of hydrogen-bond donors (Lipinski definition) is 3. The molecular formula is C16H11NO5. The number of rotatable bonds is 3.